The van der Waals surface area contributed by atoms with Gasteiger partial charge in [0.2, 0.25) is 11.8 Å². The van der Waals surface area contributed by atoms with Gasteiger partial charge in [0.15, 0.2) is 0 Å². The molecule has 3 aromatic rings. The van der Waals surface area contributed by atoms with E-state index in [1.165, 1.54) is 17.0 Å². The molecule has 0 unspecified atom stereocenters. The molecular formula is C28H32ClN3O4S. The molecule has 2 amide bonds. The zero-order valence-corrected chi connectivity index (χ0v) is 22.7. The molecule has 0 aliphatic rings. The van der Waals surface area contributed by atoms with E-state index >= 15 is 0 Å². The highest BCUT2D eigenvalue weighted by atomic mass is 35.5. The number of anilines is 1. The Morgan fingerprint density at radius 3 is 2.00 bits per heavy atom. The van der Waals surface area contributed by atoms with Crippen molar-refractivity contribution in [2.75, 3.05) is 17.4 Å². The molecule has 37 heavy (non-hydrogen) atoms. The molecule has 0 heterocycles. The van der Waals surface area contributed by atoms with E-state index in [1.807, 2.05) is 44.2 Å². The molecule has 1 N–H and O–H groups in total. The zero-order chi connectivity index (χ0) is 27.0. The van der Waals surface area contributed by atoms with Gasteiger partial charge in [-0.05, 0) is 54.8 Å². The average Bonchev–Trinajstić information content (AvgIpc) is 2.90. The first-order valence-corrected chi connectivity index (χ1v) is 13.9. The Hall–Kier alpha value is -3.36. The number of hydrogen-bond acceptors (Lipinski definition) is 4. The van der Waals surface area contributed by atoms with Gasteiger partial charge in [-0.2, -0.15) is 0 Å². The maximum atomic E-state index is 13.8. The molecule has 0 radical (unpaired) electrons. The molecule has 1 atom stereocenters. The van der Waals surface area contributed by atoms with Crippen molar-refractivity contribution in [1.82, 2.24) is 10.2 Å². The van der Waals surface area contributed by atoms with E-state index in [0.29, 0.717) is 11.6 Å². The Bertz CT molecular complexity index is 1280. The van der Waals surface area contributed by atoms with Gasteiger partial charge in [-0.15, -0.1) is 0 Å². The van der Waals surface area contributed by atoms with E-state index in [1.54, 1.807) is 49.4 Å². The fraction of sp³-hybridized carbons (Fsp3) is 0.286. The lowest BCUT2D eigenvalue weighted by atomic mass is 10.1. The highest BCUT2D eigenvalue weighted by molar-refractivity contribution is 7.92. The third-order valence-corrected chi connectivity index (χ3v) is 7.81. The molecule has 3 rings (SSSR count). The number of benzene rings is 3. The van der Waals surface area contributed by atoms with Crippen LogP contribution in [0.5, 0.6) is 0 Å². The second-order valence-corrected chi connectivity index (χ2v) is 11.4. The summed E-state index contributed by atoms with van der Waals surface area (Å²) < 4.78 is 28.4. The summed E-state index contributed by atoms with van der Waals surface area (Å²) in [5.74, 6) is -0.571. The number of amides is 2. The minimum atomic E-state index is -4.09. The largest absolute Gasteiger partial charge is 0.354 e. The average molecular weight is 542 g/mol. The third kappa shape index (κ3) is 7.57. The topological polar surface area (TPSA) is 86.8 Å². The Morgan fingerprint density at radius 1 is 0.865 bits per heavy atom. The fourth-order valence-corrected chi connectivity index (χ4v) is 5.23. The van der Waals surface area contributed by atoms with Gasteiger partial charge in [0.05, 0.1) is 10.6 Å². The maximum absolute atomic E-state index is 13.8. The van der Waals surface area contributed by atoms with Gasteiger partial charge in [0, 0.05) is 18.1 Å². The molecule has 0 spiro atoms. The monoisotopic (exact) mass is 541 g/mol. The van der Waals surface area contributed by atoms with Gasteiger partial charge < -0.3 is 10.2 Å². The number of halogens is 1. The third-order valence-electron chi connectivity index (χ3n) is 5.77. The van der Waals surface area contributed by atoms with Crippen molar-refractivity contribution >= 4 is 39.1 Å². The van der Waals surface area contributed by atoms with Crippen LogP contribution in [0.4, 0.5) is 5.69 Å². The van der Waals surface area contributed by atoms with Crippen LogP contribution in [0, 0.1) is 5.92 Å². The molecule has 3 aromatic carbocycles. The zero-order valence-electron chi connectivity index (χ0n) is 21.2. The standard InChI is InChI=1S/C28H32ClN3O4S/c1-21(2)18-30-28(34)22(3)31(19-23-10-6-4-7-11-23)27(33)20-32(25-16-14-24(29)15-17-25)37(35,36)26-12-8-5-9-13-26/h4-17,21-22H,18-20H2,1-3H3,(H,30,34)/t22-/m1/s1. The maximum Gasteiger partial charge on any atom is 0.264 e. The molecule has 7 nitrogen and oxygen atoms in total. The summed E-state index contributed by atoms with van der Waals surface area (Å²) in [5, 5.41) is 3.31. The molecule has 0 saturated carbocycles. The number of nitrogens with one attached hydrogen (secondary N) is 1. The molecule has 196 valence electrons. The lowest BCUT2D eigenvalue weighted by molar-refractivity contribution is -0.139. The van der Waals surface area contributed by atoms with Crippen LogP contribution < -0.4 is 9.62 Å². The summed E-state index contributed by atoms with van der Waals surface area (Å²) in [6.07, 6.45) is 0. The Morgan fingerprint density at radius 2 is 1.43 bits per heavy atom. The summed E-state index contributed by atoms with van der Waals surface area (Å²) in [6.45, 7) is 5.74. The first-order chi connectivity index (χ1) is 17.6. The van der Waals surface area contributed by atoms with Crippen molar-refractivity contribution in [2.45, 2.75) is 38.3 Å². The molecule has 9 heteroatoms. The van der Waals surface area contributed by atoms with E-state index in [4.69, 9.17) is 11.6 Å². The van der Waals surface area contributed by atoms with E-state index in [-0.39, 0.29) is 29.0 Å². The molecule has 0 aromatic heterocycles. The summed E-state index contributed by atoms with van der Waals surface area (Å²) in [6, 6.07) is 22.6. The van der Waals surface area contributed by atoms with Gasteiger partial charge in [-0.25, -0.2) is 8.42 Å². The number of rotatable bonds is 11. The predicted molar refractivity (Wildman–Crippen MR) is 147 cm³/mol. The van der Waals surface area contributed by atoms with Crippen molar-refractivity contribution in [1.29, 1.82) is 0 Å². The van der Waals surface area contributed by atoms with Gasteiger partial charge in [-0.1, -0.05) is 74.0 Å². The Labute approximate surface area is 224 Å². The minimum Gasteiger partial charge on any atom is -0.354 e. The molecule has 0 saturated heterocycles. The fourth-order valence-electron chi connectivity index (χ4n) is 3.67. The Kier molecular flexibility index (Phi) is 9.72. The van der Waals surface area contributed by atoms with Gasteiger partial charge in [0.25, 0.3) is 10.0 Å². The predicted octanol–water partition coefficient (Wildman–Crippen LogP) is 4.72. The van der Waals surface area contributed by atoms with Crippen LogP contribution in [0.2, 0.25) is 5.02 Å². The Balaban J connectivity index is 1.97. The quantitative estimate of drug-likeness (QED) is 0.380. The highest BCUT2D eigenvalue weighted by Gasteiger charge is 2.32. The summed E-state index contributed by atoms with van der Waals surface area (Å²) in [4.78, 5) is 28.2. The normalized spacial score (nSPS) is 12.1. The van der Waals surface area contributed by atoms with Gasteiger partial charge in [0.1, 0.15) is 12.6 Å². The summed E-state index contributed by atoms with van der Waals surface area (Å²) in [7, 11) is -4.09. The molecule has 0 aliphatic carbocycles. The molecular weight excluding hydrogens is 510 g/mol. The van der Waals surface area contributed by atoms with Crippen LogP contribution >= 0.6 is 11.6 Å². The van der Waals surface area contributed by atoms with E-state index in [0.717, 1.165) is 9.87 Å². The van der Waals surface area contributed by atoms with Crippen molar-refractivity contribution in [3.05, 3.63) is 95.5 Å². The molecule has 0 bridgehead atoms. The van der Waals surface area contributed by atoms with Crippen molar-refractivity contribution < 1.29 is 18.0 Å². The van der Waals surface area contributed by atoms with Crippen LogP contribution in [-0.2, 0) is 26.2 Å². The smallest absolute Gasteiger partial charge is 0.264 e. The summed E-state index contributed by atoms with van der Waals surface area (Å²) in [5.41, 5.74) is 1.11. The van der Waals surface area contributed by atoms with E-state index in [9.17, 15) is 18.0 Å². The lowest BCUT2D eigenvalue weighted by Crippen LogP contribution is -2.51. The van der Waals surface area contributed by atoms with E-state index < -0.39 is 28.5 Å². The minimum absolute atomic E-state index is 0.0510. The number of hydrogen-bond donors (Lipinski definition) is 1. The number of carbonyl (C=O) groups is 2. The van der Waals surface area contributed by atoms with Crippen LogP contribution in [0.1, 0.15) is 26.3 Å². The number of nitrogens with zero attached hydrogens (tertiary/aromatic N) is 2. The number of sulfonamides is 1. The molecule has 0 aliphatic heterocycles. The number of carbonyl (C=O) groups excluding carboxylic acids is 2. The second kappa shape index (κ2) is 12.7. The highest BCUT2D eigenvalue weighted by Crippen LogP contribution is 2.26. The second-order valence-electron chi connectivity index (χ2n) is 9.12. The van der Waals surface area contributed by atoms with Crippen molar-refractivity contribution in [3.8, 4) is 0 Å². The first-order valence-electron chi connectivity index (χ1n) is 12.0. The summed E-state index contributed by atoms with van der Waals surface area (Å²) >= 11 is 6.03. The SMILES string of the molecule is CC(C)CNC(=O)[C@@H](C)N(Cc1ccccc1)C(=O)CN(c1ccc(Cl)cc1)S(=O)(=O)c1ccccc1. The van der Waals surface area contributed by atoms with Crippen LogP contribution in [-0.4, -0.2) is 44.3 Å². The first kappa shape index (κ1) is 28.2. The van der Waals surface area contributed by atoms with Crippen LogP contribution in [0.15, 0.2) is 89.8 Å². The van der Waals surface area contributed by atoms with Crippen molar-refractivity contribution in [2.24, 2.45) is 5.92 Å². The van der Waals surface area contributed by atoms with E-state index in [2.05, 4.69) is 5.32 Å². The lowest BCUT2D eigenvalue weighted by Gasteiger charge is -2.32. The van der Waals surface area contributed by atoms with Crippen molar-refractivity contribution in [3.63, 3.8) is 0 Å². The van der Waals surface area contributed by atoms with Gasteiger partial charge >= 0.3 is 0 Å². The van der Waals surface area contributed by atoms with Crippen LogP contribution in [0.3, 0.4) is 0 Å². The van der Waals surface area contributed by atoms with Crippen LogP contribution in [0.25, 0.3) is 0 Å². The van der Waals surface area contributed by atoms with Gasteiger partial charge in [-0.3, -0.25) is 13.9 Å². The molecule has 0 fully saturated rings.